The fourth-order valence-corrected chi connectivity index (χ4v) is 1.53. The molecule has 12 heavy (non-hydrogen) atoms. The average Bonchev–Trinajstić information content (AvgIpc) is 2.16. The fourth-order valence-electron chi connectivity index (χ4n) is 1.02. The van der Waals surface area contributed by atoms with Gasteiger partial charge in [0.25, 0.3) is 0 Å². The van der Waals surface area contributed by atoms with Crippen LogP contribution < -0.4 is 5.46 Å². The topological polar surface area (TPSA) is 29.5 Å². The predicted octanol–water partition coefficient (Wildman–Crippen LogP) is 0.915. The molecule has 0 fully saturated rings. The summed E-state index contributed by atoms with van der Waals surface area (Å²) in [6.07, 6.45) is 0. The zero-order chi connectivity index (χ0) is 8.97. The summed E-state index contributed by atoms with van der Waals surface area (Å²) in [5, 5.41) is 10.1. The Bertz CT molecular complexity index is 255. The van der Waals surface area contributed by atoms with E-state index in [1.807, 2.05) is 24.3 Å². The lowest BCUT2D eigenvalue weighted by Crippen LogP contribution is -2.34. The minimum atomic E-state index is -0.821. The summed E-state index contributed by atoms with van der Waals surface area (Å²) in [6, 6.07) is 7.61. The van der Waals surface area contributed by atoms with Crippen LogP contribution in [0.3, 0.4) is 0 Å². The van der Waals surface area contributed by atoms with Gasteiger partial charge in [0.2, 0.25) is 0 Å². The van der Waals surface area contributed by atoms with Gasteiger partial charge in [-0.05, 0) is 11.0 Å². The second-order valence-corrected chi connectivity index (χ2v) is 2.98. The van der Waals surface area contributed by atoms with Crippen molar-refractivity contribution in [3.63, 3.8) is 0 Å². The highest BCUT2D eigenvalue weighted by molar-refractivity contribution is 9.08. The van der Waals surface area contributed by atoms with Crippen molar-refractivity contribution in [3.05, 3.63) is 29.8 Å². The molecule has 64 valence electrons. The van der Waals surface area contributed by atoms with Crippen LogP contribution in [0.5, 0.6) is 0 Å². The van der Waals surface area contributed by atoms with E-state index in [-0.39, 0.29) is 0 Å². The smallest absolute Gasteiger partial charge is 0.423 e. The average molecular weight is 229 g/mol. The zero-order valence-corrected chi connectivity index (χ0v) is 8.41. The number of alkyl halides is 1. The highest BCUT2D eigenvalue weighted by Gasteiger charge is 2.16. The molecule has 0 aliphatic heterocycles. The molecule has 0 aromatic heterocycles. The number of hydrogen-bond acceptors (Lipinski definition) is 2. The third-order valence-electron chi connectivity index (χ3n) is 1.69. The maximum Gasteiger partial charge on any atom is 0.491 e. The van der Waals surface area contributed by atoms with Gasteiger partial charge in [0.15, 0.2) is 0 Å². The summed E-state index contributed by atoms with van der Waals surface area (Å²) in [7, 11) is 0.661. The van der Waals surface area contributed by atoms with Crippen LogP contribution in [0.15, 0.2) is 24.3 Å². The molecule has 1 aromatic carbocycles. The van der Waals surface area contributed by atoms with Gasteiger partial charge in [-0.1, -0.05) is 40.2 Å². The second kappa shape index (κ2) is 4.65. The summed E-state index contributed by atoms with van der Waals surface area (Å²) in [5.41, 5.74) is 1.86. The Morgan fingerprint density at radius 3 is 2.75 bits per heavy atom. The molecule has 1 aromatic rings. The Kier molecular flexibility index (Phi) is 3.78. The minimum Gasteiger partial charge on any atom is -0.423 e. The molecule has 0 unspecified atom stereocenters. The van der Waals surface area contributed by atoms with Gasteiger partial charge < -0.3 is 9.68 Å². The molecule has 0 bridgehead atoms. The highest BCUT2D eigenvalue weighted by atomic mass is 79.9. The molecule has 0 aliphatic rings. The van der Waals surface area contributed by atoms with Crippen LogP contribution in [-0.2, 0) is 9.98 Å². The molecule has 1 rings (SSSR count). The van der Waals surface area contributed by atoms with Gasteiger partial charge in [-0.15, -0.1) is 0 Å². The number of hydrogen-bond donors (Lipinski definition) is 1. The van der Waals surface area contributed by atoms with Crippen LogP contribution in [0.2, 0.25) is 0 Å². The van der Waals surface area contributed by atoms with E-state index in [0.717, 1.165) is 16.4 Å². The largest absolute Gasteiger partial charge is 0.491 e. The van der Waals surface area contributed by atoms with E-state index < -0.39 is 7.12 Å². The SMILES string of the molecule is COB(O)c1ccccc1CBr. The molecular formula is C8H10BBrO2. The monoisotopic (exact) mass is 228 g/mol. The van der Waals surface area contributed by atoms with Crippen LogP contribution in [0.1, 0.15) is 5.56 Å². The Hall–Kier alpha value is -0.315. The maximum atomic E-state index is 9.40. The molecule has 0 amide bonds. The maximum absolute atomic E-state index is 9.40. The third kappa shape index (κ3) is 2.09. The molecule has 0 atom stereocenters. The minimum absolute atomic E-state index is 0.726. The van der Waals surface area contributed by atoms with E-state index in [4.69, 9.17) is 4.65 Å². The molecule has 1 N–H and O–H groups in total. The van der Waals surface area contributed by atoms with Crippen molar-refractivity contribution in [2.75, 3.05) is 7.11 Å². The molecule has 0 radical (unpaired) electrons. The van der Waals surface area contributed by atoms with Crippen LogP contribution in [0.4, 0.5) is 0 Å². The Balaban J connectivity index is 2.96. The molecular weight excluding hydrogens is 219 g/mol. The van der Waals surface area contributed by atoms with Crippen molar-refractivity contribution in [2.24, 2.45) is 0 Å². The van der Waals surface area contributed by atoms with E-state index >= 15 is 0 Å². The molecule has 4 heteroatoms. The second-order valence-electron chi connectivity index (χ2n) is 2.42. The van der Waals surface area contributed by atoms with E-state index in [1.54, 1.807) is 0 Å². The molecule has 0 saturated heterocycles. The van der Waals surface area contributed by atoms with E-state index in [1.165, 1.54) is 7.11 Å². The third-order valence-corrected chi connectivity index (χ3v) is 2.29. The number of rotatable bonds is 3. The fraction of sp³-hybridized carbons (Fsp3) is 0.250. The summed E-state index contributed by atoms with van der Waals surface area (Å²) < 4.78 is 4.81. The Morgan fingerprint density at radius 2 is 2.17 bits per heavy atom. The molecule has 2 nitrogen and oxygen atoms in total. The summed E-state index contributed by atoms with van der Waals surface area (Å²) in [6.45, 7) is 0. The van der Waals surface area contributed by atoms with Crippen molar-refractivity contribution in [1.29, 1.82) is 0 Å². The Labute approximate surface area is 80.8 Å². The van der Waals surface area contributed by atoms with Crippen molar-refractivity contribution >= 4 is 28.5 Å². The van der Waals surface area contributed by atoms with Gasteiger partial charge in [0.1, 0.15) is 0 Å². The summed E-state index contributed by atoms with van der Waals surface area (Å²) in [4.78, 5) is 0. The lowest BCUT2D eigenvalue weighted by atomic mass is 9.77. The van der Waals surface area contributed by atoms with Crippen LogP contribution in [-0.4, -0.2) is 19.3 Å². The van der Waals surface area contributed by atoms with Gasteiger partial charge >= 0.3 is 7.12 Å². The first-order valence-corrected chi connectivity index (χ1v) is 4.76. The first-order chi connectivity index (χ1) is 5.79. The first-order valence-electron chi connectivity index (χ1n) is 3.64. The van der Waals surface area contributed by atoms with Crippen molar-refractivity contribution < 1.29 is 9.68 Å². The molecule has 0 aliphatic carbocycles. The lowest BCUT2D eigenvalue weighted by Gasteiger charge is -2.07. The predicted molar refractivity (Wildman–Crippen MR) is 53.7 cm³/mol. The van der Waals surface area contributed by atoms with E-state index in [9.17, 15) is 5.02 Å². The van der Waals surface area contributed by atoms with Crippen LogP contribution in [0.25, 0.3) is 0 Å². The van der Waals surface area contributed by atoms with Crippen molar-refractivity contribution in [3.8, 4) is 0 Å². The van der Waals surface area contributed by atoms with Crippen LogP contribution in [0, 0.1) is 0 Å². The zero-order valence-electron chi connectivity index (χ0n) is 6.83. The summed E-state index contributed by atoms with van der Waals surface area (Å²) in [5.74, 6) is 0. The van der Waals surface area contributed by atoms with E-state index in [0.29, 0.717) is 0 Å². The van der Waals surface area contributed by atoms with Gasteiger partial charge in [0.05, 0.1) is 0 Å². The highest BCUT2D eigenvalue weighted by Crippen LogP contribution is 2.02. The Morgan fingerprint density at radius 1 is 1.50 bits per heavy atom. The van der Waals surface area contributed by atoms with Crippen molar-refractivity contribution in [1.82, 2.24) is 0 Å². The quantitative estimate of drug-likeness (QED) is 0.616. The number of benzene rings is 1. The normalized spacial score (nSPS) is 9.92. The van der Waals surface area contributed by atoms with Gasteiger partial charge in [0, 0.05) is 12.4 Å². The standard InChI is InChI=1S/C8H10BBrO2/c1-12-9(11)8-5-3-2-4-7(8)6-10/h2-5,11H,6H2,1H3. The van der Waals surface area contributed by atoms with Gasteiger partial charge in [-0.3, -0.25) is 0 Å². The van der Waals surface area contributed by atoms with Crippen molar-refractivity contribution in [2.45, 2.75) is 5.33 Å². The van der Waals surface area contributed by atoms with E-state index in [2.05, 4.69) is 15.9 Å². The lowest BCUT2D eigenvalue weighted by molar-refractivity contribution is 0.341. The molecule has 0 saturated carbocycles. The van der Waals surface area contributed by atoms with Gasteiger partial charge in [-0.2, -0.15) is 0 Å². The first kappa shape index (κ1) is 9.77. The van der Waals surface area contributed by atoms with Gasteiger partial charge in [-0.25, -0.2) is 0 Å². The molecule has 0 spiro atoms. The number of halogens is 1. The summed E-state index contributed by atoms with van der Waals surface area (Å²) >= 11 is 3.34. The van der Waals surface area contributed by atoms with Crippen LogP contribution >= 0.6 is 15.9 Å². The molecule has 0 heterocycles.